The standard InChI is InChI=1S/C25H31N5O3/c1-33-23-4-2-3-21-20(23)11-19(28-21)14-30-13-17(15-5-6-15)10-22(30)25(32)29-18(12-26)9-16-7-8-27-24(16)31/h2-4,11,15-18,22,28H,5-10,13-14H2,1H3,(H,27,31)(H,29,32). The number of likely N-dealkylation sites (tertiary alicyclic amines) is 1. The molecule has 2 saturated heterocycles. The molecule has 4 atom stereocenters. The van der Waals surface area contributed by atoms with Gasteiger partial charge < -0.3 is 20.4 Å². The van der Waals surface area contributed by atoms with Gasteiger partial charge in [-0.05, 0) is 62.1 Å². The Morgan fingerprint density at radius 1 is 1.33 bits per heavy atom. The fourth-order valence-electron chi connectivity index (χ4n) is 5.53. The van der Waals surface area contributed by atoms with Crippen LogP contribution in [0.2, 0.25) is 0 Å². The number of amides is 2. The number of nitrogens with one attached hydrogen (secondary N) is 3. The summed E-state index contributed by atoms with van der Waals surface area (Å²) in [5, 5.41) is 16.4. The molecular weight excluding hydrogens is 418 g/mol. The molecule has 1 aliphatic carbocycles. The number of nitrogens with zero attached hydrogens (tertiary/aromatic N) is 2. The van der Waals surface area contributed by atoms with Gasteiger partial charge in [0.2, 0.25) is 11.8 Å². The molecule has 1 saturated carbocycles. The number of H-pyrrole nitrogens is 1. The number of fused-ring (bicyclic) bond motifs is 1. The van der Waals surface area contributed by atoms with E-state index in [-0.39, 0.29) is 23.8 Å². The Morgan fingerprint density at radius 3 is 2.88 bits per heavy atom. The zero-order valence-electron chi connectivity index (χ0n) is 19.0. The molecule has 0 bridgehead atoms. The highest BCUT2D eigenvalue weighted by Crippen LogP contribution is 2.43. The fraction of sp³-hybridized carbons (Fsp3) is 0.560. The van der Waals surface area contributed by atoms with Gasteiger partial charge in [0, 0.05) is 42.1 Å². The zero-order valence-corrected chi connectivity index (χ0v) is 19.0. The summed E-state index contributed by atoms with van der Waals surface area (Å²) in [6.45, 7) is 2.17. The zero-order chi connectivity index (χ0) is 22.9. The third kappa shape index (κ3) is 4.55. The van der Waals surface area contributed by atoms with E-state index in [1.54, 1.807) is 7.11 Å². The van der Waals surface area contributed by atoms with Gasteiger partial charge in [0.1, 0.15) is 11.8 Å². The second-order valence-corrected chi connectivity index (χ2v) is 9.70. The molecule has 0 spiro atoms. The lowest BCUT2D eigenvalue weighted by atomic mass is 9.97. The predicted octanol–water partition coefficient (Wildman–Crippen LogP) is 2.31. The molecule has 33 heavy (non-hydrogen) atoms. The van der Waals surface area contributed by atoms with Gasteiger partial charge in [-0.1, -0.05) is 6.07 Å². The van der Waals surface area contributed by atoms with Crippen molar-refractivity contribution < 1.29 is 14.3 Å². The molecule has 3 heterocycles. The number of carbonyl (C=O) groups is 2. The summed E-state index contributed by atoms with van der Waals surface area (Å²) in [6, 6.07) is 9.32. The van der Waals surface area contributed by atoms with Crippen LogP contribution in [0.3, 0.4) is 0 Å². The summed E-state index contributed by atoms with van der Waals surface area (Å²) in [5.74, 6) is 1.74. The second-order valence-electron chi connectivity index (χ2n) is 9.70. The lowest BCUT2D eigenvalue weighted by Crippen LogP contribution is -2.47. The average molecular weight is 450 g/mol. The van der Waals surface area contributed by atoms with Crippen LogP contribution >= 0.6 is 0 Å². The van der Waals surface area contributed by atoms with E-state index in [0.717, 1.165) is 41.7 Å². The summed E-state index contributed by atoms with van der Waals surface area (Å²) in [4.78, 5) is 30.9. The van der Waals surface area contributed by atoms with Gasteiger partial charge in [0.15, 0.2) is 0 Å². The Hall–Kier alpha value is -3.05. The van der Waals surface area contributed by atoms with Crippen molar-refractivity contribution in [2.24, 2.45) is 17.8 Å². The van der Waals surface area contributed by atoms with E-state index < -0.39 is 6.04 Å². The Bertz CT molecular complexity index is 1090. The number of hydrogen-bond donors (Lipinski definition) is 3. The highest BCUT2D eigenvalue weighted by molar-refractivity contribution is 5.87. The molecule has 2 amide bonds. The van der Waals surface area contributed by atoms with Gasteiger partial charge in [-0.15, -0.1) is 0 Å². The highest BCUT2D eigenvalue weighted by Gasteiger charge is 2.44. The molecule has 2 aliphatic heterocycles. The normalized spacial score (nSPS) is 26.2. The largest absolute Gasteiger partial charge is 0.496 e. The van der Waals surface area contributed by atoms with Crippen molar-refractivity contribution in [1.82, 2.24) is 20.5 Å². The molecule has 1 aromatic heterocycles. The monoisotopic (exact) mass is 449 g/mol. The van der Waals surface area contributed by atoms with Gasteiger partial charge in [-0.3, -0.25) is 14.5 Å². The Balaban J connectivity index is 1.30. The lowest BCUT2D eigenvalue weighted by Gasteiger charge is -2.24. The van der Waals surface area contributed by atoms with E-state index in [2.05, 4.69) is 32.7 Å². The van der Waals surface area contributed by atoms with Crippen LogP contribution in [0.5, 0.6) is 5.75 Å². The molecule has 8 heteroatoms. The van der Waals surface area contributed by atoms with Crippen LogP contribution < -0.4 is 15.4 Å². The maximum atomic E-state index is 13.3. The van der Waals surface area contributed by atoms with Crippen LogP contribution in [0.25, 0.3) is 10.9 Å². The van der Waals surface area contributed by atoms with E-state index in [0.29, 0.717) is 31.3 Å². The molecule has 2 aromatic rings. The van der Waals surface area contributed by atoms with Crippen molar-refractivity contribution in [3.05, 3.63) is 30.0 Å². The Labute approximate surface area is 193 Å². The number of aromatic amines is 1. The number of nitriles is 1. The molecule has 174 valence electrons. The maximum Gasteiger partial charge on any atom is 0.238 e. The number of hydrogen-bond acceptors (Lipinski definition) is 5. The minimum absolute atomic E-state index is 0.0185. The predicted molar refractivity (Wildman–Crippen MR) is 123 cm³/mol. The summed E-state index contributed by atoms with van der Waals surface area (Å²) in [6.07, 6.45) is 4.40. The summed E-state index contributed by atoms with van der Waals surface area (Å²) < 4.78 is 5.49. The lowest BCUT2D eigenvalue weighted by molar-refractivity contribution is -0.127. The van der Waals surface area contributed by atoms with E-state index in [4.69, 9.17) is 4.74 Å². The molecule has 4 unspecified atom stereocenters. The van der Waals surface area contributed by atoms with Gasteiger partial charge in [0.25, 0.3) is 0 Å². The number of rotatable bonds is 8. The molecule has 5 rings (SSSR count). The van der Waals surface area contributed by atoms with Crippen LogP contribution in [0.4, 0.5) is 0 Å². The first-order valence-corrected chi connectivity index (χ1v) is 11.9. The Morgan fingerprint density at radius 2 is 2.18 bits per heavy atom. The molecular formula is C25H31N5O3. The molecule has 3 fully saturated rings. The van der Waals surface area contributed by atoms with Crippen LogP contribution in [0.1, 0.15) is 37.8 Å². The summed E-state index contributed by atoms with van der Waals surface area (Å²) >= 11 is 0. The third-order valence-electron chi connectivity index (χ3n) is 7.46. The number of aromatic nitrogens is 1. The van der Waals surface area contributed by atoms with E-state index in [1.165, 1.54) is 12.8 Å². The second kappa shape index (κ2) is 9.06. The quantitative estimate of drug-likeness (QED) is 0.573. The summed E-state index contributed by atoms with van der Waals surface area (Å²) in [7, 11) is 1.67. The van der Waals surface area contributed by atoms with Crippen molar-refractivity contribution in [3.63, 3.8) is 0 Å². The van der Waals surface area contributed by atoms with E-state index in [9.17, 15) is 14.9 Å². The van der Waals surface area contributed by atoms with Gasteiger partial charge in [-0.25, -0.2) is 0 Å². The van der Waals surface area contributed by atoms with Crippen molar-refractivity contribution in [3.8, 4) is 11.8 Å². The topological polar surface area (TPSA) is 110 Å². The van der Waals surface area contributed by atoms with Crippen molar-refractivity contribution in [2.45, 2.75) is 50.7 Å². The molecule has 3 aliphatic rings. The number of benzene rings is 1. The van der Waals surface area contributed by atoms with Crippen LogP contribution in [0.15, 0.2) is 24.3 Å². The number of ether oxygens (including phenoxy) is 1. The van der Waals surface area contributed by atoms with Gasteiger partial charge in [-0.2, -0.15) is 5.26 Å². The Kier molecular flexibility index (Phi) is 5.98. The minimum atomic E-state index is -0.648. The SMILES string of the molecule is COc1cccc2[nH]c(CN3CC(C4CC4)CC3C(=O)NC(C#N)CC3CCNC3=O)cc12. The van der Waals surface area contributed by atoms with Crippen molar-refractivity contribution in [2.75, 3.05) is 20.2 Å². The molecule has 8 nitrogen and oxygen atoms in total. The number of carbonyl (C=O) groups excluding carboxylic acids is 2. The van der Waals surface area contributed by atoms with Gasteiger partial charge >= 0.3 is 0 Å². The first kappa shape index (κ1) is 21.8. The van der Waals surface area contributed by atoms with E-state index >= 15 is 0 Å². The van der Waals surface area contributed by atoms with Crippen LogP contribution in [0, 0.1) is 29.1 Å². The van der Waals surface area contributed by atoms with Crippen molar-refractivity contribution in [1.29, 1.82) is 5.26 Å². The first-order chi connectivity index (χ1) is 16.1. The fourth-order valence-corrected chi connectivity index (χ4v) is 5.53. The van der Waals surface area contributed by atoms with Crippen LogP contribution in [-0.2, 0) is 16.1 Å². The van der Waals surface area contributed by atoms with Crippen LogP contribution in [-0.4, -0.2) is 54.0 Å². The molecule has 3 N–H and O–H groups in total. The number of methoxy groups -OCH3 is 1. The van der Waals surface area contributed by atoms with Crippen molar-refractivity contribution >= 4 is 22.7 Å². The van der Waals surface area contributed by atoms with E-state index in [1.807, 2.05) is 18.2 Å². The summed E-state index contributed by atoms with van der Waals surface area (Å²) in [5.41, 5.74) is 2.06. The smallest absolute Gasteiger partial charge is 0.238 e. The third-order valence-corrected chi connectivity index (χ3v) is 7.46. The first-order valence-electron chi connectivity index (χ1n) is 11.9. The average Bonchev–Trinajstić information content (AvgIpc) is 3.25. The molecule has 1 aromatic carbocycles. The van der Waals surface area contributed by atoms with Gasteiger partial charge in [0.05, 0.1) is 19.2 Å². The maximum absolute atomic E-state index is 13.3. The highest BCUT2D eigenvalue weighted by atomic mass is 16.5. The minimum Gasteiger partial charge on any atom is -0.496 e. The molecule has 0 radical (unpaired) electrons.